The number of sulfonamides is 1. The van der Waals surface area contributed by atoms with E-state index >= 15 is 0 Å². The van der Waals surface area contributed by atoms with Crippen LogP contribution < -0.4 is 10.0 Å². The van der Waals surface area contributed by atoms with Crippen LogP contribution in [0.15, 0.2) is 57.9 Å². The molecule has 8 nitrogen and oxygen atoms in total. The Morgan fingerprint density at radius 1 is 1.06 bits per heavy atom. The van der Waals surface area contributed by atoms with Gasteiger partial charge in [-0.25, -0.2) is 17.5 Å². The summed E-state index contributed by atoms with van der Waals surface area (Å²) >= 11 is 0. The van der Waals surface area contributed by atoms with Gasteiger partial charge < -0.3 is 9.84 Å². The highest BCUT2D eigenvalue weighted by atomic mass is 32.2. The fourth-order valence-electron chi connectivity index (χ4n) is 2.90. The van der Waals surface area contributed by atoms with Crippen molar-refractivity contribution in [2.75, 3.05) is 0 Å². The zero-order chi connectivity index (χ0) is 24.1. The van der Waals surface area contributed by atoms with Crippen molar-refractivity contribution in [1.82, 2.24) is 20.2 Å². The Bertz CT molecular complexity index is 1220. The molecule has 10 heteroatoms. The number of carbonyl (C=O) groups is 1. The van der Waals surface area contributed by atoms with Crippen molar-refractivity contribution in [2.24, 2.45) is 0 Å². The van der Waals surface area contributed by atoms with E-state index in [-0.39, 0.29) is 35.7 Å². The molecule has 3 aromatic rings. The van der Waals surface area contributed by atoms with E-state index in [0.29, 0.717) is 29.3 Å². The molecule has 1 heterocycles. The number of hydrogen-bond acceptors (Lipinski definition) is 6. The zero-order valence-corrected chi connectivity index (χ0v) is 19.6. The van der Waals surface area contributed by atoms with Crippen LogP contribution in [0, 0.1) is 5.82 Å². The van der Waals surface area contributed by atoms with E-state index in [9.17, 15) is 17.6 Å². The van der Waals surface area contributed by atoms with Gasteiger partial charge in [-0.2, -0.15) is 4.98 Å². The maximum absolute atomic E-state index is 13.3. The highest BCUT2D eigenvalue weighted by Gasteiger charge is 2.21. The van der Waals surface area contributed by atoms with Gasteiger partial charge in [-0.3, -0.25) is 4.79 Å². The summed E-state index contributed by atoms with van der Waals surface area (Å²) in [7, 11) is -3.80. The number of hydrogen-bond donors (Lipinski definition) is 2. The molecule has 0 unspecified atom stereocenters. The van der Waals surface area contributed by atoms with Gasteiger partial charge in [0, 0.05) is 31.3 Å². The first-order valence-electron chi connectivity index (χ1n) is 10.5. The predicted molar refractivity (Wildman–Crippen MR) is 120 cm³/mol. The first-order chi connectivity index (χ1) is 15.5. The van der Waals surface area contributed by atoms with Gasteiger partial charge in [0.15, 0.2) is 5.82 Å². The highest BCUT2D eigenvalue weighted by Crippen LogP contribution is 2.19. The van der Waals surface area contributed by atoms with Gasteiger partial charge in [-0.05, 0) is 35.4 Å². The number of aromatic nitrogens is 2. The third kappa shape index (κ3) is 7.19. The number of nitrogens with one attached hydrogen (secondary N) is 2. The number of benzene rings is 2. The predicted octanol–water partition coefficient (Wildman–Crippen LogP) is 3.23. The number of amides is 1. The fourth-order valence-corrected chi connectivity index (χ4v) is 3.99. The number of nitrogens with zero attached hydrogens (tertiary/aromatic N) is 2. The van der Waals surface area contributed by atoms with Gasteiger partial charge in [-0.15, -0.1) is 0 Å². The minimum absolute atomic E-state index is 0.0341. The molecule has 1 amide bonds. The smallest absolute Gasteiger partial charge is 0.240 e. The number of carbonyl (C=O) groups excluding carboxylic acids is 1. The van der Waals surface area contributed by atoms with Crippen molar-refractivity contribution in [3.8, 4) is 0 Å². The maximum atomic E-state index is 13.3. The molecule has 33 heavy (non-hydrogen) atoms. The summed E-state index contributed by atoms with van der Waals surface area (Å²) in [6.45, 7) is 6.05. The van der Waals surface area contributed by atoms with Gasteiger partial charge in [0.05, 0.1) is 4.90 Å². The molecule has 0 saturated heterocycles. The lowest BCUT2D eigenvalue weighted by Crippen LogP contribution is -2.25. The molecule has 2 N–H and O–H groups in total. The van der Waals surface area contributed by atoms with E-state index < -0.39 is 15.8 Å². The Morgan fingerprint density at radius 2 is 1.76 bits per heavy atom. The summed E-state index contributed by atoms with van der Waals surface area (Å²) in [6.07, 6.45) is 0.478. The Hall–Kier alpha value is -3.11. The van der Waals surface area contributed by atoms with Gasteiger partial charge in [0.2, 0.25) is 21.8 Å². The van der Waals surface area contributed by atoms with Crippen LogP contribution in [0.4, 0.5) is 4.39 Å². The molecule has 2 aromatic carbocycles. The summed E-state index contributed by atoms with van der Waals surface area (Å²) in [5.74, 6) is 0.329. The quantitative estimate of drug-likeness (QED) is 0.492. The molecule has 0 spiro atoms. The van der Waals surface area contributed by atoms with Crippen LogP contribution in [-0.4, -0.2) is 24.5 Å². The average Bonchev–Trinajstić information content (AvgIpc) is 3.25. The van der Waals surface area contributed by atoms with E-state index in [0.717, 1.165) is 0 Å². The second kappa shape index (κ2) is 10.2. The topological polar surface area (TPSA) is 114 Å². The molecule has 0 radical (unpaired) electrons. The second-order valence-corrected chi connectivity index (χ2v) is 10.4. The van der Waals surface area contributed by atoms with Crippen LogP contribution in [0.2, 0.25) is 0 Å². The van der Waals surface area contributed by atoms with Crippen LogP contribution in [0.5, 0.6) is 0 Å². The number of rotatable bonds is 9. The SMILES string of the molecule is CC(C)(C)c1noc(CCC(=O)NCc2cccc(S(=O)(=O)NCc3cccc(F)c3)c2)n1. The lowest BCUT2D eigenvalue weighted by Gasteiger charge is -2.10. The molecule has 3 rings (SSSR count). The van der Waals surface area contributed by atoms with Crippen molar-refractivity contribution < 1.29 is 22.1 Å². The molecule has 0 atom stereocenters. The minimum atomic E-state index is -3.80. The minimum Gasteiger partial charge on any atom is -0.352 e. The normalized spacial score (nSPS) is 12.0. The van der Waals surface area contributed by atoms with Crippen molar-refractivity contribution in [3.63, 3.8) is 0 Å². The summed E-state index contributed by atoms with van der Waals surface area (Å²) in [5, 5.41) is 6.69. The third-order valence-electron chi connectivity index (χ3n) is 4.76. The monoisotopic (exact) mass is 474 g/mol. The standard InChI is InChI=1S/C23H27FN4O4S/c1-23(2,3)22-27-21(32-28-22)11-10-20(29)25-14-17-7-5-9-19(13-17)33(30,31)26-15-16-6-4-8-18(24)12-16/h4-9,12-13,26H,10-11,14-15H2,1-3H3,(H,25,29). The number of halogens is 1. The first-order valence-corrected chi connectivity index (χ1v) is 11.9. The summed E-state index contributed by atoms with van der Waals surface area (Å²) in [5.41, 5.74) is 0.907. The molecular weight excluding hydrogens is 447 g/mol. The van der Waals surface area contributed by atoms with Crippen LogP contribution >= 0.6 is 0 Å². The average molecular weight is 475 g/mol. The van der Waals surface area contributed by atoms with Crippen molar-refractivity contribution in [2.45, 2.75) is 57.0 Å². The van der Waals surface area contributed by atoms with Gasteiger partial charge in [-0.1, -0.05) is 50.2 Å². The van der Waals surface area contributed by atoms with E-state index in [2.05, 4.69) is 20.2 Å². The summed E-state index contributed by atoms with van der Waals surface area (Å²) in [6, 6.07) is 12.0. The highest BCUT2D eigenvalue weighted by molar-refractivity contribution is 7.89. The fraction of sp³-hybridized carbons (Fsp3) is 0.348. The lowest BCUT2D eigenvalue weighted by atomic mass is 9.96. The van der Waals surface area contributed by atoms with Crippen molar-refractivity contribution in [1.29, 1.82) is 0 Å². The maximum Gasteiger partial charge on any atom is 0.240 e. The second-order valence-electron chi connectivity index (χ2n) is 8.64. The van der Waals surface area contributed by atoms with Crippen molar-refractivity contribution >= 4 is 15.9 Å². The van der Waals surface area contributed by atoms with Crippen molar-refractivity contribution in [3.05, 3.63) is 77.2 Å². The summed E-state index contributed by atoms with van der Waals surface area (Å²) < 4.78 is 46.1. The van der Waals surface area contributed by atoms with E-state index in [1.165, 1.54) is 30.3 Å². The third-order valence-corrected chi connectivity index (χ3v) is 6.16. The molecule has 0 aliphatic rings. The van der Waals surface area contributed by atoms with E-state index in [1.54, 1.807) is 18.2 Å². The largest absolute Gasteiger partial charge is 0.352 e. The van der Waals surface area contributed by atoms with Crippen LogP contribution in [-0.2, 0) is 39.7 Å². The molecule has 176 valence electrons. The molecule has 0 saturated carbocycles. The van der Waals surface area contributed by atoms with Crippen LogP contribution in [0.3, 0.4) is 0 Å². The van der Waals surface area contributed by atoms with E-state index in [4.69, 9.17) is 4.52 Å². The van der Waals surface area contributed by atoms with Gasteiger partial charge in [0.1, 0.15) is 5.82 Å². The first kappa shape index (κ1) is 24.5. The summed E-state index contributed by atoms with van der Waals surface area (Å²) in [4.78, 5) is 16.6. The Kier molecular flexibility index (Phi) is 7.60. The van der Waals surface area contributed by atoms with Crippen LogP contribution in [0.25, 0.3) is 0 Å². The molecule has 0 aliphatic carbocycles. The molecule has 1 aromatic heterocycles. The zero-order valence-electron chi connectivity index (χ0n) is 18.8. The Balaban J connectivity index is 1.52. The number of aryl methyl sites for hydroxylation is 1. The Labute approximate surface area is 192 Å². The van der Waals surface area contributed by atoms with E-state index in [1.807, 2.05) is 20.8 Å². The lowest BCUT2D eigenvalue weighted by molar-refractivity contribution is -0.121. The van der Waals surface area contributed by atoms with Crippen LogP contribution in [0.1, 0.15) is 50.0 Å². The molecular formula is C23H27FN4O4S. The van der Waals surface area contributed by atoms with Gasteiger partial charge in [0.25, 0.3) is 0 Å². The molecule has 0 fully saturated rings. The molecule has 0 aliphatic heterocycles. The molecule has 0 bridgehead atoms. The Morgan fingerprint density at radius 3 is 2.42 bits per heavy atom. The van der Waals surface area contributed by atoms with Gasteiger partial charge >= 0.3 is 0 Å².